The molecule has 3 aromatic rings. The minimum Gasteiger partial charge on any atom is -0.349 e. The summed E-state index contributed by atoms with van der Waals surface area (Å²) in [7, 11) is -4.00. The quantitative estimate of drug-likeness (QED) is 0.496. The van der Waals surface area contributed by atoms with Crippen LogP contribution in [0.1, 0.15) is 30.1 Å². The Morgan fingerprint density at radius 3 is 2.42 bits per heavy atom. The molecule has 0 radical (unpaired) electrons. The Labute approximate surface area is 204 Å². The van der Waals surface area contributed by atoms with E-state index in [0.29, 0.717) is 35.4 Å². The van der Waals surface area contributed by atoms with Gasteiger partial charge in [0.25, 0.3) is 0 Å². The number of alkyl halides is 3. The number of carbonyl (C=O) groups is 1. The second-order valence-corrected chi connectivity index (χ2v) is 10.1. The number of nitrogens with zero attached hydrogens (tertiary/aromatic N) is 4. The van der Waals surface area contributed by atoms with Crippen molar-refractivity contribution >= 4 is 15.9 Å². The molecule has 1 aromatic carbocycles. The Kier molecular flexibility index (Phi) is 7.05. The van der Waals surface area contributed by atoms with E-state index in [1.165, 1.54) is 0 Å². The first-order valence-corrected chi connectivity index (χ1v) is 12.3. The fourth-order valence-electron chi connectivity index (χ4n) is 3.95. The zero-order valence-corrected chi connectivity index (χ0v) is 19.8. The van der Waals surface area contributed by atoms with Crippen molar-refractivity contribution in [2.75, 3.05) is 6.54 Å². The highest BCUT2D eigenvalue weighted by atomic mass is 32.2. The summed E-state index contributed by atoms with van der Waals surface area (Å²) in [5, 5.41) is 2.69. The molecule has 1 saturated heterocycles. The third-order valence-corrected chi connectivity index (χ3v) is 7.54. The maximum absolute atomic E-state index is 13.2. The zero-order chi connectivity index (χ0) is 26.1. The summed E-state index contributed by atoms with van der Waals surface area (Å²) >= 11 is 0. The van der Waals surface area contributed by atoms with E-state index < -0.39 is 39.8 Å². The fraction of sp³-hybridized carbons (Fsp3) is 0.304. The van der Waals surface area contributed by atoms with Crippen molar-refractivity contribution in [3.63, 3.8) is 0 Å². The van der Waals surface area contributed by atoms with Gasteiger partial charge >= 0.3 is 6.18 Å². The molecule has 0 spiro atoms. The third-order valence-electron chi connectivity index (χ3n) is 5.62. The highest BCUT2D eigenvalue weighted by molar-refractivity contribution is 7.89. The van der Waals surface area contributed by atoms with Crippen molar-refractivity contribution in [2.24, 2.45) is 0 Å². The predicted molar refractivity (Wildman–Crippen MR) is 120 cm³/mol. The fourth-order valence-corrected chi connectivity index (χ4v) is 5.60. The van der Waals surface area contributed by atoms with Crippen molar-refractivity contribution in [3.8, 4) is 11.1 Å². The smallest absolute Gasteiger partial charge is 0.349 e. The van der Waals surface area contributed by atoms with Crippen LogP contribution in [0, 0.1) is 12.7 Å². The highest BCUT2D eigenvalue weighted by Crippen LogP contribution is 2.28. The molecule has 36 heavy (non-hydrogen) atoms. The summed E-state index contributed by atoms with van der Waals surface area (Å²) in [5.41, 5.74) is 1.83. The lowest BCUT2D eigenvalue weighted by Gasteiger charge is -2.23. The molecule has 8 nitrogen and oxygen atoms in total. The summed E-state index contributed by atoms with van der Waals surface area (Å²) in [4.78, 5) is 23.9. The molecule has 13 heteroatoms. The van der Waals surface area contributed by atoms with Crippen molar-refractivity contribution in [2.45, 2.75) is 43.4 Å². The molecule has 0 unspecified atom stereocenters. The summed E-state index contributed by atoms with van der Waals surface area (Å²) in [6.07, 6.45) is -1.73. The Morgan fingerprint density at radius 1 is 1.11 bits per heavy atom. The van der Waals surface area contributed by atoms with Crippen LogP contribution in [0.25, 0.3) is 11.1 Å². The van der Waals surface area contributed by atoms with Crippen LogP contribution in [0.3, 0.4) is 0 Å². The first-order chi connectivity index (χ1) is 16.9. The molecule has 1 aliphatic rings. The number of nitrogens with one attached hydrogen (secondary N) is 1. The van der Waals surface area contributed by atoms with Gasteiger partial charge in [0.2, 0.25) is 21.8 Å². The van der Waals surface area contributed by atoms with Crippen LogP contribution >= 0.6 is 0 Å². The number of rotatable bonds is 6. The van der Waals surface area contributed by atoms with E-state index in [9.17, 15) is 30.8 Å². The SMILES string of the molecule is Cc1cc(-c2cnc(C(F)(F)F)nc2)cc(CNC(=O)[C@@H]2CCCN2S(=O)(=O)c2ccc(F)cc2)n1. The largest absolute Gasteiger partial charge is 0.451 e. The molecule has 1 fully saturated rings. The molecule has 1 amide bonds. The maximum Gasteiger partial charge on any atom is 0.451 e. The average molecular weight is 524 g/mol. The predicted octanol–water partition coefficient (Wildman–Crippen LogP) is 3.47. The summed E-state index contributed by atoms with van der Waals surface area (Å²) < 4.78 is 78.5. The van der Waals surface area contributed by atoms with E-state index in [-0.39, 0.29) is 18.0 Å². The second kappa shape index (κ2) is 9.90. The van der Waals surface area contributed by atoms with Crippen molar-refractivity contribution in [1.82, 2.24) is 24.6 Å². The molecule has 0 aliphatic carbocycles. The van der Waals surface area contributed by atoms with Crippen LogP contribution in [0.4, 0.5) is 17.6 Å². The summed E-state index contributed by atoms with van der Waals surface area (Å²) in [6, 6.07) is 6.68. The number of hydrogen-bond donors (Lipinski definition) is 1. The molecular formula is C23H21F4N5O3S. The molecule has 3 heterocycles. The number of pyridine rings is 1. The second-order valence-electron chi connectivity index (χ2n) is 8.23. The molecular weight excluding hydrogens is 502 g/mol. The number of aryl methyl sites for hydroxylation is 1. The number of benzene rings is 1. The molecule has 1 N–H and O–H groups in total. The lowest BCUT2D eigenvalue weighted by molar-refractivity contribution is -0.145. The van der Waals surface area contributed by atoms with Gasteiger partial charge in [0.15, 0.2) is 0 Å². The molecule has 4 rings (SSSR count). The summed E-state index contributed by atoms with van der Waals surface area (Å²) in [5.74, 6) is -2.33. The van der Waals surface area contributed by atoms with Gasteiger partial charge in [-0.25, -0.2) is 22.8 Å². The zero-order valence-electron chi connectivity index (χ0n) is 19.0. The Balaban J connectivity index is 1.48. The van der Waals surface area contributed by atoms with E-state index in [1.54, 1.807) is 19.1 Å². The van der Waals surface area contributed by atoms with Gasteiger partial charge in [-0.1, -0.05) is 0 Å². The van der Waals surface area contributed by atoms with Crippen molar-refractivity contribution in [1.29, 1.82) is 0 Å². The number of halogens is 4. The van der Waals surface area contributed by atoms with E-state index >= 15 is 0 Å². The van der Waals surface area contributed by atoms with Crippen molar-refractivity contribution in [3.05, 3.63) is 71.8 Å². The van der Waals surface area contributed by atoms with Gasteiger partial charge < -0.3 is 5.32 Å². The maximum atomic E-state index is 13.2. The standard InChI is InChI=1S/C23H21F4N5O3S/c1-14-9-15(16-11-29-22(30-12-16)23(25,26)27)10-18(31-14)13-28-21(33)20-3-2-8-32(20)36(34,35)19-6-4-17(24)5-7-19/h4-7,9-12,20H,2-3,8,13H2,1H3,(H,28,33)/t20-/m0/s1. The van der Waals surface area contributed by atoms with Crippen LogP contribution in [-0.4, -0.2) is 46.2 Å². The molecule has 2 aromatic heterocycles. The van der Waals surface area contributed by atoms with Crippen LogP contribution in [0.15, 0.2) is 53.7 Å². The van der Waals surface area contributed by atoms with Crippen LogP contribution in [0.5, 0.6) is 0 Å². The summed E-state index contributed by atoms with van der Waals surface area (Å²) in [6.45, 7) is 1.81. The van der Waals surface area contributed by atoms with E-state index in [0.717, 1.165) is 41.0 Å². The molecule has 1 atom stereocenters. The van der Waals surface area contributed by atoms with Crippen LogP contribution in [0.2, 0.25) is 0 Å². The highest BCUT2D eigenvalue weighted by Gasteiger charge is 2.39. The third kappa shape index (κ3) is 5.51. The number of hydrogen-bond acceptors (Lipinski definition) is 6. The molecule has 0 saturated carbocycles. The number of amides is 1. The first-order valence-electron chi connectivity index (χ1n) is 10.9. The number of sulfonamides is 1. The van der Waals surface area contributed by atoms with Crippen LogP contribution < -0.4 is 5.32 Å². The first kappa shape index (κ1) is 25.6. The van der Waals surface area contributed by atoms with E-state index in [2.05, 4.69) is 20.3 Å². The lowest BCUT2D eigenvalue weighted by atomic mass is 10.1. The van der Waals surface area contributed by atoms with Gasteiger partial charge in [0, 0.05) is 30.2 Å². The monoisotopic (exact) mass is 523 g/mol. The lowest BCUT2D eigenvalue weighted by Crippen LogP contribution is -2.45. The van der Waals surface area contributed by atoms with Gasteiger partial charge in [-0.3, -0.25) is 9.78 Å². The Morgan fingerprint density at radius 2 is 1.78 bits per heavy atom. The minimum atomic E-state index is -4.65. The average Bonchev–Trinajstić information content (AvgIpc) is 3.33. The molecule has 0 bridgehead atoms. The topological polar surface area (TPSA) is 105 Å². The number of aromatic nitrogens is 3. The van der Waals surface area contributed by atoms with E-state index in [4.69, 9.17) is 0 Å². The molecule has 190 valence electrons. The Bertz CT molecular complexity index is 1360. The van der Waals surface area contributed by atoms with E-state index in [1.807, 2.05) is 0 Å². The number of carbonyl (C=O) groups excluding carboxylic acids is 1. The normalized spacial score (nSPS) is 16.8. The Hall–Kier alpha value is -3.45. The van der Waals surface area contributed by atoms with Crippen LogP contribution in [-0.2, 0) is 27.5 Å². The van der Waals surface area contributed by atoms with Gasteiger partial charge in [-0.05, 0) is 61.7 Å². The van der Waals surface area contributed by atoms with Crippen molar-refractivity contribution < 1.29 is 30.8 Å². The van der Waals surface area contributed by atoms with Gasteiger partial charge in [-0.15, -0.1) is 0 Å². The van der Waals surface area contributed by atoms with Gasteiger partial charge in [0.05, 0.1) is 17.1 Å². The minimum absolute atomic E-state index is 0.0318. The van der Waals surface area contributed by atoms with Gasteiger partial charge in [0.1, 0.15) is 11.9 Å². The van der Waals surface area contributed by atoms with Gasteiger partial charge in [-0.2, -0.15) is 17.5 Å². The molecule has 1 aliphatic heterocycles.